The number of nitrogens with zero attached hydrogens (tertiary/aromatic N) is 2. The molecule has 1 aromatic heterocycles. The van der Waals surface area contributed by atoms with Crippen LogP contribution in [0.1, 0.15) is 18.4 Å². The Morgan fingerprint density at radius 2 is 2.12 bits per heavy atom. The molecule has 0 N–H and O–H groups in total. The second-order valence-electron chi connectivity index (χ2n) is 4.99. The van der Waals surface area contributed by atoms with Crippen LogP contribution in [0.4, 0.5) is 5.69 Å². The normalized spacial score (nSPS) is 23.7. The largest absolute Gasteiger partial charge is 0.313 e. The summed E-state index contributed by atoms with van der Waals surface area (Å²) in [6.45, 7) is 3.17. The lowest BCUT2D eigenvalue weighted by Gasteiger charge is -2.37. The zero-order chi connectivity index (χ0) is 11.2. The van der Waals surface area contributed by atoms with Crippen molar-refractivity contribution in [3.8, 4) is 0 Å². The Hall–Kier alpha value is -0.870. The quantitative estimate of drug-likeness (QED) is 0.693. The average molecular weight is 236 g/mol. The van der Waals surface area contributed by atoms with E-state index in [1.54, 1.807) is 11.3 Å². The number of thiophene rings is 1. The molecular formula is C12H16N2OS. The first-order chi connectivity index (χ1) is 7.75. The zero-order valence-electron chi connectivity index (χ0n) is 9.48. The summed E-state index contributed by atoms with van der Waals surface area (Å²) in [5.41, 5.74) is 2.82. The summed E-state index contributed by atoms with van der Waals surface area (Å²) < 4.78 is 0. The smallest absolute Gasteiger partial charge is 0.214 e. The maximum atomic E-state index is 11.1. The van der Waals surface area contributed by atoms with Gasteiger partial charge in [0.05, 0.1) is 5.69 Å². The van der Waals surface area contributed by atoms with E-state index in [1.807, 2.05) is 4.90 Å². The number of rotatable bonds is 1. The van der Waals surface area contributed by atoms with Crippen molar-refractivity contribution < 1.29 is 4.79 Å². The first kappa shape index (κ1) is 10.3. The predicted octanol–water partition coefficient (Wildman–Crippen LogP) is 1.69. The molecule has 1 spiro atoms. The number of amides is 1. The molecule has 86 valence electrons. The monoisotopic (exact) mass is 236 g/mol. The molecule has 0 saturated carbocycles. The molecule has 3 rings (SSSR count). The topological polar surface area (TPSA) is 23.6 Å². The highest BCUT2D eigenvalue weighted by molar-refractivity contribution is 7.08. The predicted molar refractivity (Wildman–Crippen MR) is 66.1 cm³/mol. The zero-order valence-corrected chi connectivity index (χ0v) is 10.3. The summed E-state index contributed by atoms with van der Waals surface area (Å²) in [5, 5.41) is 4.35. The number of carbonyl (C=O) groups is 1. The lowest BCUT2D eigenvalue weighted by Crippen LogP contribution is -2.43. The van der Waals surface area contributed by atoms with Crippen LogP contribution >= 0.6 is 11.3 Å². The Bertz CT molecular complexity index is 407. The SMILES string of the molecule is CN1CCC2(CC1)CN(C=O)c1cscc12. The van der Waals surface area contributed by atoms with Crippen LogP contribution in [0.5, 0.6) is 0 Å². The first-order valence-electron chi connectivity index (χ1n) is 5.72. The highest BCUT2D eigenvalue weighted by atomic mass is 32.1. The van der Waals surface area contributed by atoms with Gasteiger partial charge >= 0.3 is 0 Å². The summed E-state index contributed by atoms with van der Waals surface area (Å²) in [5.74, 6) is 0. The molecule has 0 bridgehead atoms. The number of carbonyl (C=O) groups excluding carboxylic acids is 1. The van der Waals surface area contributed by atoms with E-state index in [0.29, 0.717) is 0 Å². The van der Waals surface area contributed by atoms with Crippen molar-refractivity contribution in [3.05, 3.63) is 16.3 Å². The number of hydrogen-bond acceptors (Lipinski definition) is 3. The molecule has 2 aliphatic rings. The van der Waals surface area contributed by atoms with Gasteiger partial charge in [0.1, 0.15) is 0 Å². The molecular weight excluding hydrogens is 220 g/mol. The molecule has 1 amide bonds. The van der Waals surface area contributed by atoms with Crippen LogP contribution in [0, 0.1) is 0 Å². The Morgan fingerprint density at radius 1 is 1.38 bits per heavy atom. The molecule has 4 heteroatoms. The highest BCUT2D eigenvalue weighted by Crippen LogP contribution is 2.47. The molecule has 0 aromatic carbocycles. The van der Waals surface area contributed by atoms with E-state index in [9.17, 15) is 4.79 Å². The fraction of sp³-hybridized carbons (Fsp3) is 0.583. The average Bonchev–Trinajstić information content (AvgIpc) is 2.86. The Kier molecular flexibility index (Phi) is 2.30. The van der Waals surface area contributed by atoms with E-state index in [0.717, 1.165) is 31.7 Å². The lowest BCUT2D eigenvalue weighted by molar-refractivity contribution is -0.107. The first-order valence-corrected chi connectivity index (χ1v) is 6.67. The Labute approximate surface area is 99.7 Å². The highest BCUT2D eigenvalue weighted by Gasteiger charge is 2.44. The minimum absolute atomic E-state index is 0.253. The van der Waals surface area contributed by atoms with E-state index >= 15 is 0 Å². The van der Waals surface area contributed by atoms with Crippen LogP contribution in [-0.4, -0.2) is 38.0 Å². The minimum atomic E-state index is 0.253. The van der Waals surface area contributed by atoms with Gasteiger partial charge in [0.2, 0.25) is 6.41 Å². The molecule has 1 fully saturated rings. The molecule has 16 heavy (non-hydrogen) atoms. The molecule has 0 aliphatic carbocycles. The third kappa shape index (κ3) is 1.33. The van der Waals surface area contributed by atoms with E-state index in [-0.39, 0.29) is 5.41 Å². The van der Waals surface area contributed by atoms with Gasteiger partial charge in [0.25, 0.3) is 0 Å². The van der Waals surface area contributed by atoms with Crippen molar-refractivity contribution in [1.82, 2.24) is 4.90 Å². The second kappa shape index (κ2) is 3.57. The fourth-order valence-electron chi connectivity index (χ4n) is 2.97. The van der Waals surface area contributed by atoms with Crippen LogP contribution in [0.15, 0.2) is 10.8 Å². The number of anilines is 1. The van der Waals surface area contributed by atoms with Crippen molar-refractivity contribution in [3.63, 3.8) is 0 Å². The van der Waals surface area contributed by atoms with Crippen LogP contribution < -0.4 is 4.90 Å². The van der Waals surface area contributed by atoms with E-state index < -0.39 is 0 Å². The standard InChI is InChI=1S/C12H16N2OS/c1-13-4-2-12(3-5-13)8-14(9-15)11-7-16-6-10(11)12/h6-7,9H,2-5,8H2,1H3. The van der Waals surface area contributed by atoms with Crippen LogP contribution in [0.25, 0.3) is 0 Å². The van der Waals surface area contributed by atoms with Gasteiger partial charge in [-0.2, -0.15) is 0 Å². The van der Waals surface area contributed by atoms with Crippen molar-refractivity contribution in [1.29, 1.82) is 0 Å². The lowest BCUT2D eigenvalue weighted by atomic mass is 9.75. The summed E-state index contributed by atoms with van der Waals surface area (Å²) in [6.07, 6.45) is 3.34. The third-order valence-electron chi connectivity index (χ3n) is 4.07. The van der Waals surface area contributed by atoms with Gasteiger partial charge < -0.3 is 9.80 Å². The molecule has 0 unspecified atom stereocenters. The number of hydrogen-bond donors (Lipinski definition) is 0. The number of likely N-dealkylation sites (tertiary alicyclic amines) is 1. The third-order valence-corrected chi connectivity index (χ3v) is 4.80. The minimum Gasteiger partial charge on any atom is -0.313 e. The van der Waals surface area contributed by atoms with Gasteiger partial charge in [-0.25, -0.2) is 0 Å². The molecule has 3 heterocycles. The molecule has 2 aliphatic heterocycles. The van der Waals surface area contributed by atoms with Crippen LogP contribution in [-0.2, 0) is 10.2 Å². The summed E-state index contributed by atoms with van der Waals surface area (Å²) >= 11 is 1.72. The molecule has 0 atom stereocenters. The summed E-state index contributed by atoms with van der Waals surface area (Å²) in [4.78, 5) is 15.3. The van der Waals surface area contributed by atoms with Gasteiger partial charge in [0.15, 0.2) is 0 Å². The van der Waals surface area contributed by atoms with Gasteiger partial charge in [-0.15, -0.1) is 11.3 Å². The van der Waals surface area contributed by atoms with Crippen molar-refractivity contribution in [2.45, 2.75) is 18.3 Å². The van der Waals surface area contributed by atoms with Crippen molar-refractivity contribution >= 4 is 23.4 Å². The van der Waals surface area contributed by atoms with Gasteiger partial charge in [-0.05, 0) is 43.9 Å². The second-order valence-corrected chi connectivity index (χ2v) is 5.73. The maximum absolute atomic E-state index is 11.1. The van der Waals surface area contributed by atoms with Gasteiger partial charge in [-0.3, -0.25) is 4.79 Å². The summed E-state index contributed by atoms with van der Waals surface area (Å²) in [6, 6.07) is 0. The Morgan fingerprint density at radius 3 is 2.81 bits per heavy atom. The van der Waals surface area contributed by atoms with Gasteiger partial charge in [-0.1, -0.05) is 0 Å². The van der Waals surface area contributed by atoms with E-state index in [2.05, 4.69) is 22.7 Å². The Balaban J connectivity index is 1.96. The maximum Gasteiger partial charge on any atom is 0.214 e. The fourth-order valence-corrected chi connectivity index (χ4v) is 3.94. The molecule has 1 aromatic rings. The molecule has 1 saturated heterocycles. The summed E-state index contributed by atoms with van der Waals surface area (Å²) in [7, 11) is 2.17. The van der Waals surface area contributed by atoms with Crippen molar-refractivity contribution in [2.24, 2.45) is 0 Å². The molecule has 0 radical (unpaired) electrons. The van der Waals surface area contributed by atoms with Crippen LogP contribution in [0.2, 0.25) is 0 Å². The molecule has 3 nitrogen and oxygen atoms in total. The van der Waals surface area contributed by atoms with E-state index in [1.165, 1.54) is 18.4 Å². The van der Waals surface area contributed by atoms with E-state index in [4.69, 9.17) is 0 Å². The number of piperidine rings is 1. The van der Waals surface area contributed by atoms with Crippen LogP contribution in [0.3, 0.4) is 0 Å². The van der Waals surface area contributed by atoms with Gasteiger partial charge in [0, 0.05) is 17.3 Å². The van der Waals surface area contributed by atoms with Crippen molar-refractivity contribution in [2.75, 3.05) is 31.6 Å². The number of fused-ring (bicyclic) bond motifs is 2.